The minimum Gasteiger partial charge on any atom is -0.309 e. The summed E-state index contributed by atoms with van der Waals surface area (Å²) in [6.07, 6.45) is 0. The Bertz CT molecular complexity index is 5090. The van der Waals surface area contributed by atoms with Gasteiger partial charge in [-0.2, -0.15) is 0 Å². The minimum absolute atomic E-state index is 1.08. The molecule has 0 aliphatic carbocycles. The molecule has 0 saturated carbocycles. The molecule has 84 heavy (non-hydrogen) atoms. The second-order valence-electron chi connectivity index (χ2n) is 22.5. The second-order valence-corrected chi connectivity index (χ2v) is 22.5. The number of nitrogens with zero attached hydrogens (tertiary/aromatic N) is 6. The van der Waals surface area contributed by atoms with Crippen LogP contribution in [0.1, 0.15) is 0 Å². The van der Waals surface area contributed by atoms with Gasteiger partial charge in [-0.05, 0) is 140 Å². The fraction of sp³-hybridized carbons (Fsp3) is 0. The van der Waals surface area contributed by atoms with Gasteiger partial charge in [0, 0.05) is 98.8 Å². The van der Waals surface area contributed by atoms with Crippen molar-refractivity contribution in [3.63, 3.8) is 0 Å². The molecule has 6 nitrogen and oxygen atoms in total. The first-order valence-corrected chi connectivity index (χ1v) is 28.9. The summed E-state index contributed by atoms with van der Waals surface area (Å²) in [5.41, 5.74) is 20.8. The van der Waals surface area contributed by atoms with Gasteiger partial charge in [0.05, 0.1) is 66.2 Å². The average Bonchev–Trinajstić information content (AvgIpc) is 2.64. The molecule has 19 rings (SSSR count). The van der Waals surface area contributed by atoms with Crippen molar-refractivity contribution in [3.8, 4) is 34.1 Å². The van der Waals surface area contributed by atoms with E-state index in [-0.39, 0.29) is 0 Å². The van der Waals surface area contributed by atoms with E-state index in [1.807, 2.05) is 0 Å². The number of fused-ring (bicyclic) bond motifs is 18. The molecule has 0 radical (unpaired) electrons. The molecule has 0 spiro atoms. The number of hydrogen-bond donors (Lipinski definition) is 0. The van der Waals surface area contributed by atoms with Crippen LogP contribution in [0, 0.1) is 0 Å². The maximum atomic E-state index is 2.48. The molecule has 6 heterocycles. The van der Waals surface area contributed by atoms with Crippen LogP contribution in [0.5, 0.6) is 0 Å². The Kier molecular flexibility index (Phi) is 9.24. The molecule has 0 aliphatic heterocycles. The fourth-order valence-electron chi connectivity index (χ4n) is 14.7. The summed E-state index contributed by atoms with van der Waals surface area (Å²) < 4.78 is 14.7. The van der Waals surface area contributed by atoms with Gasteiger partial charge < -0.3 is 27.4 Å². The van der Waals surface area contributed by atoms with Gasteiger partial charge in [0.2, 0.25) is 0 Å². The van der Waals surface area contributed by atoms with E-state index in [1.165, 1.54) is 109 Å². The summed E-state index contributed by atoms with van der Waals surface area (Å²) in [4.78, 5) is 0. The molecule has 0 unspecified atom stereocenters. The third-order valence-electron chi connectivity index (χ3n) is 18.2. The van der Waals surface area contributed by atoms with Crippen molar-refractivity contribution < 1.29 is 0 Å². The van der Waals surface area contributed by atoms with E-state index in [0.29, 0.717) is 0 Å². The minimum atomic E-state index is 1.08. The molecule has 0 fully saturated rings. The first-order valence-electron chi connectivity index (χ1n) is 28.9. The number of benzene rings is 13. The average molecular weight is 1070 g/mol. The highest BCUT2D eigenvalue weighted by molar-refractivity contribution is 6.17. The number of para-hydroxylation sites is 8. The van der Waals surface area contributed by atoms with Crippen molar-refractivity contribution >= 4 is 131 Å². The van der Waals surface area contributed by atoms with E-state index < -0.39 is 0 Å². The van der Waals surface area contributed by atoms with Gasteiger partial charge in [0.15, 0.2) is 0 Å². The maximum Gasteiger partial charge on any atom is 0.0542 e. The molecular formula is C78H48N6. The highest BCUT2D eigenvalue weighted by Gasteiger charge is 2.23. The monoisotopic (exact) mass is 1070 g/mol. The number of aromatic nitrogens is 6. The third kappa shape index (κ3) is 6.23. The van der Waals surface area contributed by atoms with Crippen molar-refractivity contribution in [2.75, 3.05) is 0 Å². The largest absolute Gasteiger partial charge is 0.309 e. The molecule has 6 aromatic heterocycles. The summed E-state index contributed by atoms with van der Waals surface area (Å²) in [5.74, 6) is 0. The Labute approximate surface area is 480 Å². The summed E-state index contributed by atoms with van der Waals surface area (Å²) >= 11 is 0. The van der Waals surface area contributed by atoms with E-state index >= 15 is 0 Å². The van der Waals surface area contributed by atoms with Gasteiger partial charge in [-0.25, -0.2) is 0 Å². The van der Waals surface area contributed by atoms with Crippen LogP contribution in [-0.4, -0.2) is 27.4 Å². The van der Waals surface area contributed by atoms with Crippen LogP contribution in [-0.2, 0) is 0 Å². The quantitative estimate of drug-likeness (QED) is 0.159. The van der Waals surface area contributed by atoms with E-state index in [2.05, 4.69) is 319 Å². The van der Waals surface area contributed by atoms with Gasteiger partial charge in [-0.15, -0.1) is 0 Å². The van der Waals surface area contributed by atoms with Crippen LogP contribution in [0.15, 0.2) is 291 Å². The topological polar surface area (TPSA) is 29.6 Å². The molecule has 0 bridgehead atoms. The van der Waals surface area contributed by atoms with Crippen LogP contribution in [0.4, 0.5) is 0 Å². The lowest BCUT2D eigenvalue weighted by molar-refractivity contribution is 1.13. The van der Waals surface area contributed by atoms with E-state index in [4.69, 9.17) is 0 Å². The molecule has 0 N–H and O–H groups in total. The molecule has 0 aliphatic rings. The Morgan fingerprint density at radius 3 is 0.488 bits per heavy atom. The summed E-state index contributed by atoms with van der Waals surface area (Å²) in [5, 5.41) is 14.7. The van der Waals surface area contributed by atoms with Gasteiger partial charge in [-0.1, -0.05) is 152 Å². The van der Waals surface area contributed by atoms with Crippen LogP contribution in [0.2, 0.25) is 0 Å². The Morgan fingerprint density at radius 2 is 0.286 bits per heavy atom. The van der Waals surface area contributed by atoms with Gasteiger partial charge in [-0.3, -0.25) is 0 Å². The zero-order valence-corrected chi connectivity index (χ0v) is 45.4. The van der Waals surface area contributed by atoms with Crippen LogP contribution in [0.25, 0.3) is 165 Å². The first-order chi connectivity index (χ1) is 41.7. The maximum absolute atomic E-state index is 2.48. The summed E-state index contributed by atoms with van der Waals surface area (Å²) in [6.45, 7) is 0. The van der Waals surface area contributed by atoms with Crippen molar-refractivity contribution in [3.05, 3.63) is 291 Å². The number of rotatable bonds is 6. The predicted octanol–water partition coefficient (Wildman–Crippen LogP) is 20.3. The molecule has 0 saturated heterocycles. The van der Waals surface area contributed by atoms with Crippen molar-refractivity contribution in [1.82, 2.24) is 27.4 Å². The zero-order valence-electron chi connectivity index (χ0n) is 45.4. The van der Waals surface area contributed by atoms with Crippen LogP contribution < -0.4 is 0 Å². The fourth-order valence-corrected chi connectivity index (χ4v) is 14.7. The van der Waals surface area contributed by atoms with Crippen LogP contribution in [0.3, 0.4) is 0 Å². The van der Waals surface area contributed by atoms with Crippen molar-refractivity contribution in [1.29, 1.82) is 0 Å². The smallest absolute Gasteiger partial charge is 0.0542 e. The first kappa shape index (κ1) is 45.4. The van der Waals surface area contributed by atoms with E-state index in [1.54, 1.807) is 0 Å². The molecule has 13 aromatic carbocycles. The van der Waals surface area contributed by atoms with Crippen molar-refractivity contribution in [2.24, 2.45) is 0 Å². The van der Waals surface area contributed by atoms with Crippen LogP contribution >= 0.6 is 0 Å². The van der Waals surface area contributed by atoms with Gasteiger partial charge in [0.25, 0.3) is 0 Å². The Hall–Kier alpha value is -11.3. The Balaban J connectivity index is 0.856. The molecule has 0 amide bonds. The lowest BCUT2D eigenvalue weighted by atomic mass is 10.1. The second kappa shape index (κ2) is 17.1. The highest BCUT2D eigenvalue weighted by atomic mass is 15.0. The van der Waals surface area contributed by atoms with Gasteiger partial charge >= 0.3 is 0 Å². The SMILES string of the molecule is c1cc(-n2c3ccc(-n4c5ccccc5c5ccccc54)cc3c3cc(-n4c5ccccc5c5ccccc54)ccc32)cc(-n2c3ccc(-n4c5ccccc5c5ccccc54)cc3c3cc(-n4c5ccccc5c5ccccc54)ccc32)c1. The van der Waals surface area contributed by atoms with Crippen molar-refractivity contribution in [2.45, 2.75) is 0 Å². The van der Waals surface area contributed by atoms with E-state index in [0.717, 1.165) is 56.2 Å². The molecule has 19 aromatic rings. The predicted molar refractivity (Wildman–Crippen MR) is 352 cm³/mol. The molecular weight excluding hydrogens is 1020 g/mol. The highest BCUT2D eigenvalue weighted by Crippen LogP contribution is 2.43. The van der Waals surface area contributed by atoms with E-state index in [9.17, 15) is 0 Å². The zero-order chi connectivity index (χ0) is 54.7. The molecule has 0 atom stereocenters. The third-order valence-corrected chi connectivity index (χ3v) is 18.2. The standard InChI is InChI=1S/C78H48N6/c1-9-28-67-55(20-1)56-21-2-10-29-68(56)81(67)51-36-40-75-63(45-51)64-46-52(82-69-30-11-3-22-57(69)58-23-4-12-31-70(58)82)37-41-76(64)79(75)49-18-17-19-50(44-49)80-77-42-38-53(83-71-32-13-5-24-59(71)60-25-6-14-33-72(60)83)47-65(77)66-48-54(39-43-78(66)80)84-73-34-15-7-26-61(73)62-27-8-16-35-74(62)84/h1-48H. The lowest BCUT2D eigenvalue weighted by Crippen LogP contribution is -2.00. The summed E-state index contributed by atoms with van der Waals surface area (Å²) in [6, 6.07) is 108. The molecule has 390 valence electrons. The summed E-state index contributed by atoms with van der Waals surface area (Å²) in [7, 11) is 0. The molecule has 6 heteroatoms. The lowest BCUT2D eigenvalue weighted by Gasteiger charge is -2.14. The number of hydrogen-bond acceptors (Lipinski definition) is 0. The normalized spacial score (nSPS) is 12.3. The Morgan fingerprint density at radius 1 is 0.119 bits per heavy atom. The van der Waals surface area contributed by atoms with Gasteiger partial charge in [0.1, 0.15) is 0 Å².